The normalized spacial score (nSPS) is 18.6. The first-order chi connectivity index (χ1) is 9.99. The Kier molecular flexibility index (Phi) is 4.88. The molecule has 0 spiro atoms. The number of aliphatic hydroxyl groups excluding tert-OH is 1. The molecule has 116 valence electrons. The van der Waals surface area contributed by atoms with E-state index < -0.39 is 6.10 Å². The van der Waals surface area contributed by atoms with Crippen LogP contribution in [0.25, 0.3) is 0 Å². The monoisotopic (exact) mass is 291 g/mol. The molecule has 1 heterocycles. The van der Waals surface area contributed by atoms with Crippen LogP contribution < -0.4 is 10.1 Å². The first kappa shape index (κ1) is 15.8. The van der Waals surface area contributed by atoms with Gasteiger partial charge in [0, 0.05) is 18.4 Å². The van der Waals surface area contributed by atoms with E-state index in [0.29, 0.717) is 19.4 Å². The van der Waals surface area contributed by atoms with Crippen LogP contribution >= 0.6 is 0 Å². The van der Waals surface area contributed by atoms with Crippen molar-refractivity contribution in [3.8, 4) is 5.75 Å². The molecule has 0 aliphatic carbocycles. The maximum absolute atomic E-state index is 11.7. The zero-order chi connectivity index (χ0) is 15.6. The highest BCUT2D eigenvalue weighted by Crippen LogP contribution is 2.39. The molecule has 1 amide bonds. The van der Waals surface area contributed by atoms with Gasteiger partial charge in [0.25, 0.3) is 0 Å². The second-order valence-electron chi connectivity index (χ2n) is 5.67. The molecule has 1 aromatic rings. The number of rotatable bonds is 4. The van der Waals surface area contributed by atoms with E-state index in [0.717, 1.165) is 34.4 Å². The van der Waals surface area contributed by atoms with Crippen LogP contribution in [0.5, 0.6) is 5.75 Å². The van der Waals surface area contributed by atoms with Crippen molar-refractivity contribution in [2.45, 2.75) is 59.1 Å². The second kappa shape index (κ2) is 6.48. The SMILES string of the molecule is CCC(=O)NC1CCOc2c1cc(C(O)CC)c(C)c2C. The maximum Gasteiger partial charge on any atom is 0.220 e. The van der Waals surface area contributed by atoms with Crippen LogP contribution in [0.4, 0.5) is 0 Å². The molecule has 0 saturated carbocycles. The Balaban J connectivity index is 2.47. The van der Waals surface area contributed by atoms with Crippen molar-refractivity contribution in [2.75, 3.05) is 6.61 Å². The molecule has 1 aromatic carbocycles. The predicted molar refractivity (Wildman–Crippen MR) is 82.5 cm³/mol. The molecule has 0 fully saturated rings. The topological polar surface area (TPSA) is 58.6 Å². The summed E-state index contributed by atoms with van der Waals surface area (Å²) in [6, 6.07) is 1.98. The largest absolute Gasteiger partial charge is 0.493 e. The highest BCUT2D eigenvalue weighted by Gasteiger charge is 2.27. The first-order valence-corrected chi connectivity index (χ1v) is 7.73. The highest BCUT2D eigenvalue weighted by atomic mass is 16.5. The molecule has 1 aliphatic rings. The predicted octanol–water partition coefficient (Wildman–Crippen LogP) is 3.10. The van der Waals surface area contributed by atoms with Crippen LogP contribution in [0.3, 0.4) is 0 Å². The number of carbonyl (C=O) groups is 1. The van der Waals surface area contributed by atoms with Gasteiger partial charge in [-0.25, -0.2) is 0 Å². The van der Waals surface area contributed by atoms with Gasteiger partial charge in [0.1, 0.15) is 5.75 Å². The molecule has 21 heavy (non-hydrogen) atoms. The van der Waals surface area contributed by atoms with E-state index in [2.05, 4.69) is 5.32 Å². The van der Waals surface area contributed by atoms with Crippen molar-refractivity contribution >= 4 is 5.91 Å². The van der Waals surface area contributed by atoms with Gasteiger partial charge in [0.2, 0.25) is 5.91 Å². The van der Waals surface area contributed by atoms with Crippen molar-refractivity contribution in [3.63, 3.8) is 0 Å². The number of aliphatic hydroxyl groups is 1. The lowest BCUT2D eigenvalue weighted by atomic mass is 9.89. The fourth-order valence-electron chi connectivity index (χ4n) is 2.84. The smallest absolute Gasteiger partial charge is 0.220 e. The third-order valence-corrected chi connectivity index (χ3v) is 4.34. The quantitative estimate of drug-likeness (QED) is 0.896. The average molecular weight is 291 g/mol. The molecule has 0 radical (unpaired) electrons. The van der Waals surface area contributed by atoms with E-state index in [-0.39, 0.29) is 11.9 Å². The Hall–Kier alpha value is -1.55. The molecule has 0 saturated heterocycles. The van der Waals surface area contributed by atoms with Crippen LogP contribution in [0.1, 0.15) is 67.5 Å². The van der Waals surface area contributed by atoms with E-state index in [4.69, 9.17) is 4.74 Å². The van der Waals surface area contributed by atoms with E-state index in [1.807, 2.05) is 33.8 Å². The third-order valence-electron chi connectivity index (χ3n) is 4.34. The Morgan fingerprint density at radius 1 is 1.43 bits per heavy atom. The molecule has 0 aromatic heterocycles. The minimum Gasteiger partial charge on any atom is -0.493 e. The lowest BCUT2D eigenvalue weighted by Crippen LogP contribution is -2.32. The van der Waals surface area contributed by atoms with Gasteiger partial charge in [-0.2, -0.15) is 0 Å². The molecule has 4 nitrogen and oxygen atoms in total. The zero-order valence-electron chi connectivity index (χ0n) is 13.3. The number of fused-ring (bicyclic) bond motifs is 1. The van der Waals surface area contributed by atoms with Crippen LogP contribution in [0, 0.1) is 13.8 Å². The zero-order valence-corrected chi connectivity index (χ0v) is 13.3. The van der Waals surface area contributed by atoms with E-state index in [9.17, 15) is 9.90 Å². The van der Waals surface area contributed by atoms with Crippen LogP contribution in [-0.2, 0) is 4.79 Å². The van der Waals surface area contributed by atoms with Gasteiger partial charge >= 0.3 is 0 Å². The molecule has 1 aliphatic heterocycles. The summed E-state index contributed by atoms with van der Waals surface area (Å²) in [7, 11) is 0. The van der Waals surface area contributed by atoms with Gasteiger partial charge in [-0.15, -0.1) is 0 Å². The minimum atomic E-state index is -0.474. The summed E-state index contributed by atoms with van der Waals surface area (Å²) >= 11 is 0. The van der Waals surface area contributed by atoms with Crippen molar-refractivity contribution in [2.24, 2.45) is 0 Å². The van der Waals surface area contributed by atoms with Gasteiger partial charge < -0.3 is 15.2 Å². The summed E-state index contributed by atoms with van der Waals surface area (Å²) < 4.78 is 5.82. The molecule has 2 N–H and O–H groups in total. The number of amides is 1. The molecule has 2 unspecified atom stereocenters. The lowest BCUT2D eigenvalue weighted by molar-refractivity contribution is -0.121. The van der Waals surface area contributed by atoms with Gasteiger partial charge in [-0.05, 0) is 43.0 Å². The van der Waals surface area contributed by atoms with Crippen molar-refractivity contribution in [3.05, 3.63) is 28.3 Å². The molecule has 4 heteroatoms. The van der Waals surface area contributed by atoms with E-state index >= 15 is 0 Å². The van der Waals surface area contributed by atoms with Crippen molar-refractivity contribution in [1.29, 1.82) is 0 Å². The molecule has 0 bridgehead atoms. The molecular formula is C17H25NO3. The van der Waals surface area contributed by atoms with Crippen LogP contribution in [0.15, 0.2) is 6.07 Å². The van der Waals surface area contributed by atoms with Crippen molar-refractivity contribution < 1.29 is 14.6 Å². The summed E-state index contributed by atoms with van der Waals surface area (Å²) in [5.41, 5.74) is 4.07. The van der Waals surface area contributed by atoms with Crippen molar-refractivity contribution in [1.82, 2.24) is 5.32 Å². The maximum atomic E-state index is 11.7. The average Bonchev–Trinajstić information content (AvgIpc) is 2.50. The number of ether oxygens (including phenoxy) is 1. The number of benzene rings is 1. The Bertz CT molecular complexity index is 539. The minimum absolute atomic E-state index is 0.0247. The summed E-state index contributed by atoms with van der Waals surface area (Å²) in [4.78, 5) is 11.7. The number of hydrogen-bond acceptors (Lipinski definition) is 3. The second-order valence-corrected chi connectivity index (χ2v) is 5.67. The summed E-state index contributed by atoms with van der Waals surface area (Å²) in [6.07, 6.45) is 1.44. The van der Waals surface area contributed by atoms with Gasteiger partial charge in [0.05, 0.1) is 18.8 Å². The first-order valence-electron chi connectivity index (χ1n) is 7.73. The Morgan fingerprint density at radius 2 is 2.14 bits per heavy atom. The highest BCUT2D eigenvalue weighted by molar-refractivity contribution is 5.76. The molecule has 2 atom stereocenters. The van der Waals surface area contributed by atoms with Crippen LogP contribution in [-0.4, -0.2) is 17.6 Å². The van der Waals surface area contributed by atoms with Gasteiger partial charge in [0.15, 0.2) is 0 Å². The fraction of sp³-hybridized carbons (Fsp3) is 0.588. The number of carbonyl (C=O) groups excluding carboxylic acids is 1. The van der Waals surface area contributed by atoms with E-state index in [1.54, 1.807) is 0 Å². The summed E-state index contributed by atoms with van der Waals surface area (Å²) in [5, 5.41) is 13.3. The number of hydrogen-bond donors (Lipinski definition) is 2. The fourth-order valence-corrected chi connectivity index (χ4v) is 2.84. The summed E-state index contributed by atoms with van der Waals surface area (Å²) in [6.45, 7) is 8.46. The lowest BCUT2D eigenvalue weighted by Gasteiger charge is -2.30. The van der Waals surface area contributed by atoms with Gasteiger partial charge in [-0.3, -0.25) is 4.79 Å². The Labute approximate surface area is 126 Å². The molecular weight excluding hydrogens is 266 g/mol. The third kappa shape index (κ3) is 3.05. The molecule has 2 rings (SSSR count). The van der Waals surface area contributed by atoms with E-state index in [1.165, 1.54) is 0 Å². The van der Waals surface area contributed by atoms with Gasteiger partial charge in [-0.1, -0.05) is 13.8 Å². The summed E-state index contributed by atoms with van der Waals surface area (Å²) in [5.74, 6) is 0.913. The standard InChI is InChI=1S/C17H25NO3/c1-5-15(19)12-9-13-14(18-16(20)6-2)7-8-21-17(13)11(4)10(12)3/h9,14-15,19H,5-8H2,1-4H3,(H,18,20). The Morgan fingerprint density at radius 3 is 2.76 bits per heavy atom. The van der Waals surface area contributed by atoms with Crippen LogP contribution in [0.2, 0.25) is 0 Å². The number of nitrogens with one attached hydrogen (secondary N) is 1.